The first kappa shape index (κ1) is 34.3. The molecular weight excluding hydrogens is 635 g/mol. The molecule has 0 atom stereocenters. The Kier molecular flexibility index (Phi) is 9.18. The van der Waals surface area contributed by atoms with Crippen LogP contribution in [0, 0.1) is 45.1 Å². The second kappa shape index (κ2) is 13.4. The van der Waals surface area contributed by atoms with E-state index in [4.69, 9.17) is 4.74 Å². The Balaban J connectivity index is 1.62. The predicted octanol–water partition coefficient (Wildman–Crippen LogP) is 11.3. The van der Waals surface area contributed by atoms with E-state index >= 15 is 13.2 Å². The molecule has 6 rings (SSSR count). The fraction of sp³-hybridized carbons (Fsp3) is 0.220. The molecule has 0 N–H and O–H groups in total. The molecule has 0 unspecified atom stereocenters. The van der Waals surface area contributed by atoms with Crippen LogP contribution in [0.15, 0.2) is 97.5 Å². The minimum Gasteiger partial charge on any atom is -0.454 e. The zero-order chi connectivity index (χ0) is 35.9. The molecule has 0 bridgehead atoms. The topological polar surface area (TPSA) is 46.4 Å². The summed E-state index contributed by atoms with van der Waals surface area (Å²) in [6.45, 7) is 14.4. The van der Waals surface area contributed by atoms with Gasteiger partial charge in [-0.2, -0.15) is 4.39 Å². The molecule has 0 aliphatic heterocycles. The summed E-state index contributed by atoms with van der Waals surface area (Å²) in [7, 11) is 1.65. The SMILES string of the molecule is Cc1ccc(N(c2cc(Oc3cc(-c4nccn4C)c(F)c(F)c3F)cc(N(c3ccccn3)C(C)(C)C)c2)c2ccc(C)cc2C)c(C)c1. The van der Waals surface area contributed by atoms with Gasteiger partial charge in [-0.1, -0.05) is 41.5 Å². The molecule has 2 heterocycles. The minimum atomic E-state index is -1.64. The summed E-state index contributed by atoms with van der Waals surface area (Å²) in [6, 6.07) is 24.9. The fourth-order valence-electron chi connectivity index (χ4n) is 6.32. The second-order valence-corrected chi connectivity index (χ2v) is 13.6. The number of aromatic nitrogens is 3. The Morgan fingerprint density at radius 3 is 1.86 bits per heavy atom. The number of imidazole rings is 1. The lowest BCUT2D eigenvalue weighted by Gasteiger charge is -2.38. The average Bonchev–Trinajstić information content (AvgIpc) is 3.48. The summed E-state index contributed by atoms with van der Waals surface area (Å²) in [5.41, 5.74) is 6.89. The van der Waals surface area contributed by atoms with Crippen molar-refractivity contribution in [3.63, 3.8) is 0 Å². The molecule has 6 aromatic rings. The van der Waals surface area contributed by atoms with Crippen molar-refractivity contribution >= 4 is 28.6 Å². The van der Waals surface area contributed by atoms with Gasteiger partial charge in [0, 0.05) is 60.4 Å². The van der Waals surface area contributed by atoms with Crippen molar-refractivity contribution in [2.45, 2.75) is 54.0 Å². The lowest BCUT2D eigenvalue weighted by molar-refractivity contribution is 0.395. The first-order valence-corrected chi connectivity index (χ1v) is 16.4. The summed E-state index contributed by atoms with van der Waals surface area (Å²) in [5.74, 6) is -3.88. The number of rotatable bonds is 8. The van der Waals surface area contributed by atoms with Gasteiger partial charge in [0.25, 0.3) is 0 Å². The van der Waals surface area contributed by atoms with Gasteiger partial charge in [-0.05, 0) is 96.0 Å². The zero-order valence-electron chi connectivity index (χ0n) is 29.5. The first-order chi connectivity index (χ1) is 23.7. The number of hydrogen-bond donors (Lipinski definition) is 0. The molecule has 0 amide bonds. The van der Waals surface area contributed by atoms with E-state index in [-0.39, 0.29) is 17.1 Å². The van der Waals surface area contributed by atoms with Crippen molar-refractivity contribution in [3.05, 3.63) is 137 Å². The van der Waals surface area contributed by atoms with E-state index in [0.29, 0.717) is 17.2 Å². The molecule has 4 aromatic carbocycles. The minimum absolute atomic E-state index is 0.130. The van der Waals surface area contributed by atoms with Gasteiger partial charge >= 0.3 is 0 Å². The van der Waals surface area contributed by atoms with Crippen molar-refractivity contribution in [1.29, 1.82) is 0 Å². The Labute approximate surface area is 291 Å². The number of benzene rings is 4. The lowest BCUT2D eigenvalue weighted by atomic mass is 10.0. The van der Waals surface area contributed by atoms with E-state index in [2.05, 4.69) is 105 Å². The maximum atomic E-state index is 15.6. The summed E-state index contributed by atoms with van der Waals surface area (Å²) < 4.78 is 53.6. The number of hydrogen-bond acceptors (Lipinski definition) is 5. The third-order valence-electron chi connectivity index (χ3n) is 8.53. The monoisotopic (exact) mass is 675 g/mol. The summed E-state index contributed by atoms with van der Waals surface area (Å²) in [5, 5.41) is 0. The van der Waals surface area contributed by atoms with Gasteiger partial charge in [0.2, 0.25) is 5.82 Å². The Bertz CT molecular complexity index is 2140. The fourth-order valence-corrected chi connectivity index (χ4v) is 6.32. The largest absolute Gasteiger partial charge is 0.454 e. The van der Waals surface area contributed by atoms with E-state index < -0.39 is 28.7 Å². The predicted molar refractivity (Wildman–Crippen MR) is 195 cm³/mol. The van der Waals surface area contributed by atoms with Crippen LogP contribution in [0.2, 0.25) is 0 Å². The third-order valence-corrected chi connectivity index (χ3v) is 8.53. The Hall–Kier alpha value is -5.57. The molecule has 0 radical (unpaired) electrons. The normalized spacial score (nSPS) is 11.5. The summed E-state index contributed by atoms with van der Waals surface area (Å²) in [4.78, 5) is 13.0. The standard InChI is InChI=1S/C41H40F3N5O/c1-25-12-14-33(27(3)19-25)48(34-15-13-26(2)20-28(34)4)29-21-30(49(41(5,6)7)36-11-9-10-16-45-36)23-31(22-29)50-35-24-32(37(42)39(44)38(35)43)40-46-17-18-47(40)8/h9-24H,1-8H3. The van der Waals surface area contributed by atoms with Gasteiger partial charge in [-0.25, -0.2) is 18.7 Å². The summed E-state index contributed by atoms with van der Waals surface area (Å²) in [6.07, 6.45) is 4.78. The van der Waals surface area contributed by atoms with Crippen LogP contribution in [-0.2, 0) is 7.05 Å². The number of aryl methyl sites for hydroxylation is 5. The number of halogens is 3. The van der Waals surface area contributed by atoms with E-state index in [1.54, 1.807) is 31.6 Å². The molecule has 0 aliphatic rings. The van der Waals surface area contributed by atoms with Crippen LogP contribution >= 0.6 is 0 Å². The van der Waals surface area contributed by atoms with Crippen molar-refractivity contribution in [3.8, 4) is 22.9 Å². The smallest absolute Gasteiger partial charge is 0.204 e. The van der Waals surface area contributed by atoms with Gasteiger partial charge in [-0.3, -0.25) is 0 Å². The van der Waals surface area contributed by atoms with E-state index in [1.807, 2.05) is 24.3 Å². The van der Waals surface area contributed by atoms with E-state index in [1.165, 1.54) is 10.8 Å². The first-order valence-electron chi connectivity index (χ1n) is 16.4. The number of nitrogens with zero attached hydrogens (tertiary/aromatic N) is 5. The molecule has 2 aromatic heterocycles. The van der Waals surface area contributed by atoms with Gasteiger partial charge in [0.05, 0.1) is 11.3 Å². The number of anilines is 5. The van der Waals surface area contributed by atoms with Crippen molar-refractivity contribution in [2.75, 3.05) is 9.80 Å². The quantitative estimate of drug-likeness (QED) is 0.150. The lowest BCUT2D eigenvalue weighted by Crippen LogP contribution is -2.38. The van der Waals surface area contributed by atoms with Gasteiger partial charge < -0.3 is 19.1 Å². The molecule has 0 aliphatic carbocycles. The van der Waals surface area contributed by atoms with E-state index in [9.17, 15) is 0 Å². The molecule has 256 valence electrons. The van der Waals surface area contributed by atoms with Crippen LogP contribution in [0.4, 0.5) is 41.7 Å². The van der Waals surface area contributed by atoms with E-state index in [0.717, 1.165) is 39.7 Å². The zero-order valence-corrected chi connectivity index (χ0v) is 29.5. The van der Waals surface area contributed by atoms with Gasteiger partial charge in [0.15, 0.2) is 17.4 Å². The average molecular weight is 676 g/mol. The molecule has 50 heavy (non-hydrogen) atoms. The van der Waals surface area contributed by atoms with Crippen molar-refractivity contribution in [2.24, 2.45) is 7.05 Å². The highest BCUT2D eigenvalue weighted by Crippen LogP contribution is 2.45. The number of pyridine rings is 1. The van der Waals surface area contributed by atoms with Crippen LogP contribution in [0.25, 0.3) is 11.4 Å². The molecule has 9 heteroatoms. The van der Waals surface area contributed by atoms with Crippen LogP contribution < -0.4 is 14.5 Å². The highest BCUT2D eigenvalue weighted by molar-refractivity contribution is 5.83. The highest BCUT2D eigenvalue weighted by Gasteiger charge is 2.28. The van der Waals surface area contributed by atoms with Gasteiger partial charge in [0.1, 0.15) is 17.4 Å². The highest BCUT2D eigenvalue weighted by atomic mass is 19.2. The third kappa shape index (κ3) is 6.68. The second-order valence-electron chi connectivity index (χ2n) is 13.6. The van der Waals surface area contributed by atoms with Crippen LogP contribution in [0.3, 0.4) is 0 Å². The maximum absolute atomic E-state index is 15.6. The number of ether oxygens (including phenoxy) is 1. The van der Waals surface area contributed by atoms with Crippen LogP contribution in [0.5, 0.6) is 11.5 Å². The van der Waals surface area contributed by atoms with Crippen molar-refractivity contribution < 1.29 is 17.9 Å². The maximum Gasteiger partial charge on any atom is 0.204 e. The Morgan fingerprint density at radius 2 is 1.32 bits per heavy atom. The van der Waals surface area contributed by atoms with Crippen LogP contribution in [-0.4, -0.2) is 20.1 Å². The van der Waals surface area contributed by atoms with Gasteiger partial charge in [-0.15, -0.1) is 0 Å². The molecule has 6 nitrogen and oxygen atoms in total. The molecule has 0 saturated heterocycles. The molecule has 0 saturated carbocycles. The summed E-state index contributed by atoms with van der Waals surface area (Å²) >= 11 is 0. The van der Waals surface area contributed by atoms with Crippen LogP contribution in [0.1, 0.15) is 43.0 Å². The molecule has 0 spiro atoms. The molecule has 0 fully saturated rings. The Morgan fingerprint density at radius 1 is 0.680 bits per heavy atom. The molecular formula is C41H40F3N5O. The van der Waals surface area contributed by atoms with Crippen molar-refractivity contribution in [1.82, 2.24) is 14.5 Å².